The Labute approximate surface area is 259 Å². The Balaban J connectivity index is 1.44. The van der Waals surface area contributed by atoms with Gasteiger partial charge in [0.2, 0.25) is 0 Å². The van der Waals surface area contributed by atoms with Crippen molar-refractivity contribution in [3.8, 4) is 5.69 Å². The Hall–Kier alpha value is -5.38. The number of nitrogens with zero attached hydrogens (tertiary/aromatic N) is 1. The molecular formula is C41H32N2Si. The number of allylic oxidation sites excluding steroid dienone is 2. The average Bonchev–Trinajstić information content (AvgIpc) is 3.44. The van der Waals surface area contributed by atoms with Gasteiger partial charge in [0, 0.05) is 16.5 Å². The number of dihydropyridines is 1. The number of hydrogen-bond acceptors (Lipinski definition) is 1. The van der Waals surface area contributed by atoms with E-state index in [-0.39, 0.29) is 5.67 Å². The van der Waals surface area contributed by atoms with Gasteiger partial charge in [-0.05, 0) is 63.2 Å². The maximum Gasteiger partial charge on any atom is 0.175 e. The molecule has 0 saturated heterocycles. The highest BCUT2D eigenvalue weighted by Gasteiger charge is 2.46. The zero-order valence-corrected chi connectivity index (χ0v) is 25.3. The number of fused-ring (bicyclic) bond motifs is 3. The van der Waals surface area contributed by atoms with Crippen LogP contribution in [0.3, 0.4) is 0 Å². The molecule has 44 heavy (non-hydrogen) atoms. The highest BCUT2D eigenvalue weighted by Crippen LogP contribution is 2.32. The van der Waals surface area contributed by atoms with E-state index in [0.29, 0.717) is 0 Å². The van der Waals surface area contributed by atoms with E-state index in [1.165, 1.54) is 54.2 Å². The summed E-state index contributed by atoms with van der Waals surface area (Å²) < 4.78 is 2.40. The average molecular weight is 581 g/mol. The van der Waals surface area contributed by atoms with Crippen LogP contribution in [0.25, 0.3) is 33.1 Å². The fourth-order valence-corrected chi connectivity index (χ4v) is 12.1. The first-order valence-corrected chi connectivity index (χ1v) is 17.3. The van der Waals surface area contributed by atoms with Gasteiger partial charge in [-0.15, -0.1) is 0 Å². The van der Waals surface area contributed by atoms with Crippen molar-refractivity contribution < 1.29 is 0 Å². The summed E-state index contributed by atoms with van der Waals surface area (Å²) in [5.74, 6) is 0. The summed E-state index contributed by atoms with van der Waals surface area (Å²) in [7, 11) is -2.72. The van der Waals surface area contributed by atoms with Crippen LogP contribution in [-0.2, 0) is 0 Å². The Morgan fingerprint density at radius 2 is 1.07 bits per heavy atom. The molecule has 0 spiro atoms. The van der Waals surface area contributed by atoms with E-state index in [2.05, 4.69) is 192 Å². The molecule has 8 rings (SSSR count). The zero-order valence-electron chi connectivity index (χ0n) is 24.3. The van der Waals surface area contributed by atoms with Gasteiger partial charge < -0.3 is 9.88 Å². The fraction of sp³-hybridized carbons (Fsp3) is 0.0244. The molecule has 0 amide bonds. The Morgan fingerprint density at radius 1 is 0.500 bits per heavy atom. The maximum atomic E-state index is 3.87. The second kappa shape index (κ2) is 11.0. The van der Waals surface area contributed by atoms with Crippen molar-refractivity contribution in [1.82, 2.24) is 9.88 Å². The van der Waals surface area contributed by atoms with Crippen molar-refractivity contribution in [3.05, 3.63) is 188 Å². The zero-order chi connectivity index (χ0) is 29.3. The third kappa shape index (κ3) is 4.24. The van der Waals surface area contributed by atoms with Gasteiger partial charge in [0.05, 0.1) is 16.7 Å². The Kier molecular flexibility index (Phi) is 6.58. The van der Waals surface area contributed by atoms with E-state index in [0.717, 1.165) is 0 Å². The summed E-state index contributed by atoms with van der Waals surface area (Å²) in [5.41, 5.74) is 6.20. The quantitative estimate of drug-likeness (QED) is 0.161. The van der Waals surface area contributed by atoms with Gasteiger partial charge in [-0.1, -0.05) is 146 Å². The lowest BCUT2D eigenvalue weighted by atomic mass is 10.0. The lowest BCUT2D eigenvalue weighted by molar-refractivity contribution is 0.882. The van der Waals surface area contributed by atoms with Crippen LogP contribution in [0.1, 0.15) is 5.56 Å². The first-order chi connectivity index (χ1) is 21.8. The minimum absolute atomic E-state index is 0.0902. The minimum atomic E-state index is -2.72. The molecule has 0 saturated carbocycles. The predicted octanol–water partition coefficient (Wildman–Crippen LogP) is 7.36. The highest BCUT2D eigenvalue weighted by molar-refractivity contribution is 7.13. The molecule has 3 heteroatoms. The molecule has 0 bridgehead atoms. The third-order valence-electron chi connectivity index (χ3n) is 9.06. The topological polar surface area (TPSA) is 17.0 Å². The normalized spacial score (nSPS) is 14.8. The molecule has 1 aliphatic rings. The molecule has 1 N–H and O–H groups in total. The second-order valence-corrected chi connectivity index (χ2v) is 15.4. The summed E-state index contributed by atoms with van der Waals surface area (Å²) in [6.07, 6.45) is 6.83. The van der Waals surface area contributed by atoms with Crippen LogP contribution in [-0.4, -0.2) is 18.3 Å². The van der Waals surface area contributed by atoms with Crippen LogP contribution in [0.15, 0.2) is 182 Å². The predicted molar refractivity (Wildman–Crippen MR) is 189 cm³/mol. The van der Waals surface area contributed by atoms with Crippen LogP contribution in [0.5, 0.6) is 0 Å². The van der Waals surface area contributed by atoms with Crippen LogP contribution < -0.4 is 20.9 Å². The third-order valence-corrected chi connectivity index (χ3v) is 14.0. The molecule has 210 valence electrons. The van der Waals surface area contributed by atoms with Gasteiger partial charge in [-0.3, -0.25) is 0 Å². The molecule has 0 aliphatic carbocycles. The van der Waals surface area contributed by atoms with Crippen molar-refractivity contribution in [1.29, 1.82) is 0 Å². The molecule has 6 aromatic carbocycles. The van der Waals surface area contributed by atoms with Gasteiger partial charge >= 0.3 is 0 Å². The van der Waals surface area contributed by atoms with E-state index < -0.39 is 8.07 Å². The lowest BCUT2D eigenvalue weighted by Crippen LogP contribution is -2.76. The van der Waals surface area contributed by atoms with Gasteiger partial charge in [-0.25, -0.2) is 0 Å². The molecule has 1 aromatic heterocycles. The monoisotopic (exact) mass is 580 g/mol. The van der Waals surface area contributed by atoms with Crippen LogP contribution in [0.2, 0.25) is 0 Å². The first-order valence-electron chi connectivity index (χ1n) is 15.2. The molecule has 0 fully saturated rings. The minimum Gasteiger partial charge on any atom is -0.386 e. The highest BCUT2D eigenvalue weighted by atomic mass is 28.3. The molecule has 1 aliphatic heterocycles. The molecular weight excluding hydrogens is 549 g/mol. The van der Waals surface area contributed by atoms with Crippen LogP contribution in [0.4, 0.5) is 0 Å². The Morgan fingerprint density at radius 3 is 1.75 bits per heavy atom. The fourth-order valence-electron chi connectivity index (χ4n) is 7.11. The Bertz CT molecular complexity index is 2090. The number of para-hydroxylation sites is 2. The van der Waals surface area contributed by atoms with E-state index in [1.54, 1.807) is 0 Å². The van der Waals surface area contributed by atoms with Gasteiger partial charge in [0.15, 0.2) is 8.07 Å². The summed E-state index contributed by atoms with van der Waals surface area (Å²) in [6, 6.07) is 59.9. The molecule has 1 unspecified atom stereocenters. The summed E-state index contributed by atoms with van der Waals surface area (Å²) in [6.45, 7) is 0. The number of hydrogen-bond donors (Lipinski definition) is 1. The molecule has 1 atom stereocenters. The SMILES string of the molecule is C1=CC(c2ccccc2)=CC([Si](c2ccccc2)(c2ccccc2)c2ccc3c(c2)c2ccccc2n3-c2ccccc2)N1. The smallest absolute Gasteiger partial charge is 0.175 e. The van der Waals surface area contributed by atoms with Crippen molar-refractivity contribution >= 4 is 51.0 Å². The molecule has 0 radical (unpaired) electrons. The van der Waals surface area contributed by atoms with E-state index in [1.807, 2.05) is 0 Å². The van der Waals surface area contributed by atoms with Gasteiger partial charge in [0.1, 0.15) is 0 Å². The molecule has 2 nitrogen and oxygen atoms in total. The summed E-state index contributed by atoms with van der Waals surface area (Å²) in [5, 5.41) is 10.6. The first kappa shape index (κ1) is 26.3. The summed E-state index contributed by atoms with van der Waals surface area (Å²) >= 11 is 0. The number of benzene rings is 6. The van der Waals surface area contributed by atoms with E-state index in [9.17, 15) is 0 Å². The maximum absolute atomic E-state index is 3.87. The van der Waals surface area contributed by atoms with Crippen molar-refractivity contribution in [3.63, 3.8) is 0 Å². The largest absolute Gasteiger partial charge is 0.386 e. The number of aromatic nitrogens is 1. The van der Waals surface area contributed by atoms with Crippen molar-refractivity contribution in [2.24, 2.45) is 0 Å². The second-order valence-electron chi connectivity index (χ2n) is 11.4. The standard InChI is InChI=1S/C41H32N2Si/c1-5-15-31(16-6-1)32-27-28-42-41(29-32)44(34-19-9-3-10-20-34,35-21-11-4-12-22-35)36-25-26-40-38(30-36)37-23-13-14-24-39(37)43(40)33-17-7-2-8-18-33/h1-30,41-42H. The van der Waals surface area contributed by atoms with Crippen molar-refractivity contribution in [2.45, 2.75) is 5.67 Å². The lowest BCUT2D eigenvalue weighted by Gasteiger charge is -2.41. The van der Waals surface area contributed by atoms with Gasteiger partial charge in [-0.2, -0.15) is 0 Å². The molecule has 2 heterocycles. The number of nitrogens with one attached hydrogen (secondary N) is 1. The van der Waals surface area contributed by atoms with Crippen LogP contribution >= 0.6 is 0 Å². The number of rotatable bonds is 6. The van der Waals surface area contributed by atoms with Crippen molar-refractivity contribution in [2.75, 3.05) is 0 Å². The van der Waals surface area contributed by atoms with Crippen LogP contribution in [0, 0.1) is 0 Å². The van der Waals surface area contributed by atoms with Gasteiger partial charge in [0.25, 0.3) is 0 Å². The molecule has 7 aromatic rings. The van der Waals surface area contributed by atoms with E-state index in [4.69, 9.17) is 0 Å². The summed E-state index contributed by atoms with van der Waals surface area (Å²) in [4.78, 5) is 0. The van der Waals surface area contributed by atoms with E-state index >= 15 is 0 Å².